The second-order valence-electron chi connectivity index (χ2n) is 3.75. The van der Waals surface area contributed by atoms with Gasteiger partial charge < -0.3 is 20.1 Å². The van der Waals surface area contributed by atoms with Crippen LogP contribution in [-0.4, -0.2) is 78.6 Å². The first-order valence-electron chi connectivity index (χ1n) is 4.88. The number of hydrogen-bond acceptors (Lipinski definition) is 10. The highest BCUT2D eigenvalue weighted by Crippen LogP contribution is 2.23. The third-order valence-electron chi connectivity index (χ3n) is 2.28. The Kier molecular flexibility index (Phi) is 5.41. The molecule has 0 radical (unpaired) electrons. The molecular formula is C6H12O12S2. The second kappa shape index (κ2) is 6.14. The van der Waals surface area contributed by atoms with Crippen LogP contribution in [0.15, 0.2) is 0 Å². The molecule has 1 fully saturated rings. The molecule has 0 unspecified atom stereocenters. The van der Waals surface area contributed by atoms with E-state index in [-0.39, 0.29) is 0 Å². The van der Waals surface area contributed by atoms with Gasteiger partial charge in [0.1, 0.15) is 18.3 Å². The molecule has 0 aromatic rings. The van der Waals surface area contributed by atoms with Crippen LogP contribution in [-0.2, 0) is 33.9 Å². The van der Waals surface area contributed by atoms with Crippen molar-refractivity contribution in [2.75, 3.05) is 6.61 Å². The summed E-state index contributed by atoms with van der Waals surface area (Å²) in [7, 11) is -9.89. The van der Waals surface area contributed by atoms with Crippen LogP contribution >= 0.6 is 0 Å². The standard InChI is InChI=1S/C6H12O12S2/c7-3-2(1-16-19(10,11)12)17-6(9)5(4(3)8)18-20(13,14)15/h2-9H,1H2,(H,10,11,12)(H,13,14,15)/t2-,3+,4+,5-,6+/m0/s1. The van der Waals surface area contributed by atoms with E-state index in [4.69, 9.17) is 9.11 Å². The van der Waals surface area contributed by atoms with Crippen molar-refractivity contribution >= 4 is 20.8 Å². The molecule has 0 aromatic carbocycles. The van der Waals surface area contributed by atoms with Crippen molar-refractivity contribution in [2.45, 2.75) is 30.7 Å². The predicted molar refractivity (Wildman–Crippen MR) is 56.8 cm³/mol. The Labute approximate surface area is 113 Å². The minimum absolute atomic E-state index is 0.966. The van der Waals surface area contributed by atoms with Crippen molar-refractivity contribution in [2.24, 2.45) is 0 Å². The molecule has 1 aliphatic heterocycles. The summed E-state index contributed by atoms with van der Waals surface area (Å²) >= 11 is 0. The van der Waals surface area contributed by atoms with Gasteiger partial charge in [-0.15, -0.1) is 0 Å². The molecule has 0 saturated carbocycles. The van der Waals surface area contributed by atoms with Crippen LogP contribution in [0.3, 0.4) is 0 Å². The summed E-state index contributed by atoms with van der Waals surface area (Å²) in [6.45, 7) is -0.966. The highest BCUT2D eigenvalue weighted by Gasteiger charge is 2.47. The first-order chi connectivity index (χ1) is 8.91. The molecule has 0 bridgehead atoms. The van der Waals surface area contributed by atoms with Crippen LogP contribution in [0.2, 0.25) is 0 Å². The summed E-state index contributed by atoms with van der Waals surface area (Å²) in [6, 6.07) is 0. The van der Waals surface area contributed by atoms with Crippen molar-refractivity contribution in [1.29, 1.82) is 0 Å². The van der Waals surface area contributed by atoms with Gasteiger partial charge in [0, 0.05) is 0 Å². The number of aliphatic hydroxyl groups is 3. The van der Waals surface area contributed by atoms with E-state index in [0.717, 1.165) is 0 Å². The lowest BCUT2D eigenvalue weighted by atomic mass is 9.99. The summed E-state index contributed by atoms with van der Waals surface area (Å²) in [4.78, 5) is 0. The molecule has 0 aliphatic carbocycles. The van der Waals surface area contributed by atoms with E-state index in [2.05, 4.69) is 13.1 Å². The molecule has 0 aromatic heterocycles. The van der Waals surface area contributed by atoms with Crippen LogP contribution in [0.4, 0.5) is 0 Å². The first kappa shape index (κ1) is 17.6. The summed E-state index contributed by atoms with van der Waals surface area (Å²) in [5.74, 6) is 0. The molecule has 120 valence electrons. The fourth-order valence-corrected chi connectivity index (χ4v) is 2.25. The van der Waals surface area contributed by atoms with Gasteiger partial charge in [-0.25, -0.2) is 8.37 Å². The zero-order valence-electron chi connectivity index (χ0n) is 9.50. The monoisotopic (exact) mass is 340 g/mol. The number of ether oxygens (including phenoxy) is 1. The van der Waals surface area contributed by atoms with Crippen LogP contribution in [0, 0.1) is 0 Å². The Bertz CT molecular complexity index is 522. The molecule has 5 N–H and O–H groups in total. The van der Waals surface area contributed by atoms with Gasteiger partial charge in [-0.05, 0) is 0 Å². The van der Waals surface area contributed by atoms with E-state index >= 15 is 0 Å². The maximum atomic E-state index is 10.5. The smallest absolute Gasteiger partial charge is 0.387 e. The molecule has 0 amide bonds. The molecule has 12 nitrogen and oxygen atoms in total. The van der Waals surface area contributed by atoms with E-state index in [0.29, 0.717) is 0 Å². The van der Waals surface area contributed by atoms with Gasteiger partial charge in [-0.2, -0.15) is 16.8 Å². The zero-order chi connectivity index (χ0) is 15.7. The molecule has 1 rings (SSSR count). The minimum Gasteiger partial charge on any atom is -0.387 e. The minimum atomic E-state index is -5.04. The average Bonchev–Trinajstić information content (AvgIpc) is 2.25. The molecule has 1 aliphatic rings. The SMILES string of the molecule is O=S(=O)(O)OC[C@@H]1O[C@@H](O)[C@@H](OS(=O)(=O)O)[C@H](O)[C@@H]1O. The lowest BCUT2D eigenvalue weighted by molar-refractivity contribution is -0.279. The largest absolute Gasteiger partial charge is 0.397 e. The van der Waals surface area contributed by atoms with Gasteiger partial charge in [0.25, 0.3) is 0 Å². The number of aliphatic hydroxyl groups excluding tert-OH is 3. The van der Waals surface area contributed by atoms with Crippen molar-refractivity contribution in [3.63, 3.8) is 0 Å². The van der Waals surface area contributed by atoms with Crippen LogP contribution < -0.4 is 0 Å². The van der Waals surface area contributed by atoms with Crippen molar-refractivity contribution in [3.05, 3.63) is 0 Å². The quantitative estimate of drug-likeness (QED) is 0.309. The maximum absolute atomic E-state index is 10.5. The molecule has 14 heteroatoms. The summed E-state index contributed by atoms with van der Waals surface area (Å²) in [5.41, 5.74) is 0. The molecular weight excluding hydrogens is 328 g/mol. The predicted octanol–water partition coefficient (Wildman–Crippen LogP) is -3.57. The van der Waals surface area contributed by atoms with Gasteiger partial charge in [0.05, 0.1) is 6.61 Å². The van der Waals surface area contributed by atoms with Crippen molar-refractivity contribution in [3.8, 4) is 0 Å². The Hall–Kier alpha value is -0.420. The van der Waals surface area contributed by atoms with Crippen LogP contribution in [0.25, 0.3) is 0 Å². The molecule has 5 atom stereocenters. The Morgan fingerprint density at radius 2 is 1.50 bits per heavy atom. The van der Waals surface area contributed by atoms with Crippen molar-refractivity contribution in [1.82, 2.24) is 0 Å². The summed E-state index contributed by atoms with van der Waals surface area (Å²) in [6.07, 6.45) is -9.74. The Morgan fingerprint density at radius 3 is 1.95 bits per heavy atom. The Morgan fingerprint density at radius 1 is 0.950 bits per heavy atom. The topological polar surface area (TPSA) is 197 Å². The van der Waals surface area contributed by atoms with Gasteiger partial charge in [0.15, 0.2) is 12.4 Å². The normalized spacial score (nSPS) is 36.0. The van der Waals surface area contributed by atoms with E-state index in [9.17, 15) is 32.2 Å². The van der Waals surface area contributed by atoms with E-state index < -0.39 is 58.1 Å². The van der Waals surface area contributed by atoms with E-state index in [1.807, 2.05) is 0 Å². The zero-order valence-corrected chi connectivity index (χ0v) is 11.1. The summed E-state index contributed by atoms with van der Waals surface area (Å²) in [5, 5.41) is 28.4. The van der Waals surface area contributed by atoms with Gasteiger partial charge in [-0.1, -0.05) is 0 Å². The maximum Gasteiger partial charge on any atom is 0.397 e. The molecule has 1 saturated heterocycles. The fraction of sp³-hybridized carbons (Fsp3) is 1.00. The lowest BCUT2D eigenvalue weighted by Gasteiger charge is -2.38. The number of rotatable bonds is 5. The third-order valence-corrected chi connectivity index (χ3v) is 3.18. The highest BCUT2D eigenvalue weighted by molar-refractivity contribution is 7.81. The van der Waals surface area contributed by atoms with Crippen LogP contribution in [0.5, 0.6) is 0 Å². The van der Waals surface area contributed by atoms with Crippen LogP contribution in [0.1, 0.15) is 0 Å². The van der Waals surface area contributed by atoms with E-state index in [1.165, 1.54) is 0 Å². The Balaban J connectivity index is 2.76. The third kappa shape index (κ3) is 5.17. The second-order valence-corrected chi connectivity index (χ2v) is 5.89. The number of hydrogen-bond donors (Lipinski definition) is 5. The van der Waals surface area contributed by atoms with Gasteiger partial charge in [-0.3, -0.25) is 9.11 Å². The van der Waals surface area contributed by atoms with Crippen molar-refractivity contribution < 1.29 is 54.4 Å². The molecule has 20 heavy (non-hydrogen) atoms. The van der Waals surface area contributed by atoms with Gasteiger partial charge >= 0.3 is 20.8 Å². The molecule has 1 heterocycles. The highest BCUT2D eigenvalue weighted by atomic mass is 32.3. The molecule has 0 spiro atoms. The first-order valence-corrected chi connectivity index (χ1v) is 7.61. The summed E-state index contributed by atoms with van der Waals surface area (Å²) < 4.78 is 70.7. The lowest BCUT2D eigenvalue weighted by Crippen LogP contribution is -2.60. The van der Waals surface area contributed by atoms with Gasteiger partial charge in [0.2, 0.25) is 0 Å². The average molecular weight is 340 g/mol. The fourth-order valence-electron chi connectivity index (χ4n) is 1.46. The van der Waals surface area contributed by atoms with E-state index in [1.54, 1.807) is 0 Å².